The maximum Gasteiger partial charge on any atom is 0.260 e. The van der Waals surface area contributed by atoms with E-state index in [2.05, 4.69) is 19.2 Å². The molecule has 0 bridgehead atoms. The quantitative estimate of drug-likeness (QED) is 0.881. The van der Waals surface area contributed by atoms with E-state index in [4.69, 9.17) is 16.3 Å². The Morgan fingerprint density at radius 2 is 1.96 bits per heavy atom. The Bertz CT molecular complexity index is 595. The first kappa shape index (κ1) is 19.4. The lowest BCUT2D eigenvalue weighted by Gasteiger charge is -2.20. The van der Waals surface area contributed by atoms with Crippen LogP contribution in [-0.2, 0) is 4.79 Å². The van der Waals surface area contributed by atoms with E-state index in [9.17, 15) is 4.79 Å². The van der Waals surface area contributed by atoms with Crippen molar-refractivity contribution in [3.63, 3.8) is 0 Å². The number of amides is 1. The van der Waals surface area contributed by atoms with Crippen LogP contribution >= 0.6 is 24.0 Å². The molecule has 0 aliphatic carbocycles. The SMILES string of the molecule is Cc1cc(OCC(=O)N2C[C@H]3CNC[C@H]3C2)c(C(C)C)cc1Cl.Cl. The first-order chi connectivity index (χ1) is 11.0. The number of rotatable bonds is 4. The Morgan fingerprint density at radius 1 is 1.33 bits per heavy atom. The maximum atomic E-state index is 12.4. The van der Waals surface area contributed by atoms with Crippen molar-refractivity contribution >= 4 is 29.9 Å². The third-order valence-corrected chi connectivity index (χ3v) is 5.41. The number of likely N-dealkylation sites (tertiary alicyclic amines) is 1. The van der Waals surface area contributed by atoms with Gasteiger partial charge in [-0.25, -0.2) is 0 Å². The molecule has 6 heteroatoms. The number of halogens is 2. The van der Waals surface area contributed by atoms with Gasteiger partial charge in [0.25, 0.3) is 5.91 Å². The second kappa shape index (κ2) is 7.94. The van der Waals surface area contributed by atoms with Gasteiger partial charge in [0.05, 0.1) is 0 Å². The highest BCUT2D eigenvalue weighted by atomic mass is 35.5. The first-order valence-electron chi connectivity index (χ1n) is 8.37. The summed E-state index contributed by atoms with van der Waals surface area (Å²) in [5.74, 6) is 2.39. The minimum atomic E-state index is 0. The highest BCUT2D eigenvalue weighted by molar-refractivity contribution is 6.31. The van der Waals surface area contributed by atoms with Gasteiger partial charge >= 0.3 is 0 Å². The average molecular weight is 373 g/mol. The molecule has 2 saturated heterocycles. The van der Waals surface area contributed by atoms with Crippen molar-refractivity contribution in [1.29, 1.82) is 0 Å². The van der Waals surface area contributed by atoms with Crippen LogP contribution < -0.4 is 10.1 Å². The number of aryl methyl sites for hydroxylation is 1. The fraction of sp³-hybridized carbons (Fsp3) is 0.611. The molecule has 1 aromatic rings. The van der Waals surface area contributed by atoms with E-state index >= 15 is 0 Å². The summed E-state index contributed by atoms with van der Waals surface area (Å²) in [6, 6.07) is 3.89. The molecular formula is C18H26Cl2N2O2. The van der Waals surface area contributed by atoms with Crippen LogP contribution in [0.15, 0.2) is 12.1 Å². The van der Waals surface area contributed by atoms with Crippen LogP contribution in [0.2, 0.25) is 5.02 Å². The second-order valence-corrected chi connectivity index (χ2v) is 7.47. The van der Waals surface area contributed by atoms with Gasteiger partial charge in [-0.3, -0.25) is 4.79 Å². The van der Waals surface area contributed by atoms with Crippen molar-refractivity contribution in [3.8, 4) is 5.75 Å². The Kier molecular flexibility index (Phi) is 6.40. The molecule has 0 saturated carbocycles. The van der Waals surface area contributed by atoms with Crippen LogP contribution in [0.1, 0.15) is 30.9 Å². The summed E-state index contributed by atoms with van der Waals surface area (Å²) >= 11 is 6.21. The zero-order valence-corrected chi connectivity index (χ0v) is 16.0. The number of nitrogens with one attached hydrogen (secondary N) is 1. The molecule has 3 rings (SSSR count). The number of ether oxygens (including phenoxy) is 1. The topological polar surface area (TPSA) is 41.6 Å². The minimum Gasteiger partial charge on any atom is -0.483 e. The summed E-state index contributed by atoms with van der Waals surface area (Å²) < 4.78 is 5.87. The van der Waals surface area contributed by atoms with Crippen molar-refractivity contribution in [2.75, 3.05) is 32.8 Å². The zero-order chi connectivity index (χ0) is 16.6. The summed E-state index contributed by atoms with van der Waals surface area (Å²) in [6.07, 6.45) is 0. The van der Waals surface area contributed by atoms with Crippen LogP contribution in [0.4, 0.5) is 0 Å². The molecular weight excluding hydrogens is 347 g/mol. The monoisotopic (exact) mass is 372 g/mol. The van der Waals surface area contributed by atoms with Crippen LogP contribution in [0.3, 0.4) is 0 Å². The van der Waals surface area contributed by atoms with E-state index in [0.717, 1.165) is 48.1 Å². The molecule has 0 spiro atoms. The molecule has 2 aliphatic rings. The van der Waals surface area contributed by atoms with Gasteiger partial charge in [-0.1, -0.05) is 25.4 Å². The van der Waals surface area contributed by atoms with Crippen molar-refractivity contribution in [3.05, 3.63) is 28.3 Å². The number of hydrogen-bond donors (Lipinski definition) is 1. The average Bonchev–Trinajstić information content (AvgIpc) is 3.08. The smallest absolute Gasteiger partial charge is 0.260 e. The highest BCUT2D eigenvalue weighted by Crippen LogP contribution is 2.32. The number of carbonyl (C=O) groups is 1. The van der Waals surface area contributed by atoms with Crippen LogP contribution in [0.5, 0.6) is 5.75 Å². The number of fused-ring (bicyclic) bond motifs is 1. The van der Waals surface area contributed by atoms with E-state index in [1.54, 1.807) is 0 Å². The number of benzene rings is 1. The molecule has 1 aromatic carbocycles. The lowest BCUT2D eigenvalue weighted by Crippen LogP contribution is -2.35. The van der Waals surface area contributed by atoms with E-state index in [1.807, 2.05) is 24.0 Å². The third kappa shape index (κ3) is 3.98. The van der Waals surface area contributed by atoms with E-state index in [0.29, 0.717) is 17.8 Å². The Morgan fingerprint density at radius 3 is 2.54 bits per heavy atom. The normalized spacial score (nSPS) is 22.5. The van der Waals surface area contributed by atoms with Gasteiger partial charge in [0, 0.05) is 31.2 Å². The van der Waals surface area contributed by atoms with E-state index < -0.39 is 0 Å². The largest absolute Gasteiger partial charge is 0.483 e. The van der Waals surface area contributed by atoms with Gasteiger partial charge in [0.2, 0.25) is 0 Å². The lowest BCUT2D eigenvalue weighted by molar-refractivity contribution is -0.132. The molecule has 0 radical (unpaired) electrons. The minimum absolute atomic E-state index is 0. The second-order valence-electron chi connectivity index (χ2n) is 7.06. The van der Waals surface area contributed by atoms with Gasteiger partial charge in [-0.15, -0.1) is 12.4 Å². The Balaban J connectivity index is 0.00000208. The Labute approximate surface area is 155 Å². The van der Waals surface area contributed by atoms with Crippen LogP contribution in [0, 0.1) is 18.8 Å². The van der Waals surface area contributed by atoms with Gasteiger partial charge in [0.1, 0.15) is 5.75 Å². The standard InChI is InChI=1S/C18H25ClN2O2.ClH/c1-11(2)15-5-16(19)12(3)4-17(15)23-10-18(22)21-8-13-6-20-7-14(13)9-21;/h4-5,11,13-14,20H,6-10H2,1-3H3;1H/t13-,14+;. The van der Waals surface area contributed by atoms with Crippen LogP contribution in [0.25, 0.3) is 0 Å². The fourth-order valence-electron chi connectivity index (χ4n) is 3.54. The molecule has 2 atom stereocenters. The lowest BCUT2D eigenvalue weighted by atomic mass is 10.0. The van der Waals surface area contributed by atoms with E-state index in [1.165, 1.54) is 0 Å². The van der Waals surface area contributed by atoms with Crippen molar-refractivity contribution in [1.82, 2.24) is 10.2 Å². The summed E-state index contributed by atoms with van der Waals surface area (Å²) in [7, 11) is 0. The number of hydrogen-bond acceptors (Lipinski definition) is 3. The van der Waals surface area contributed by atoms with Crippen molar-refractivity contribution < 1.29 is 9.53 Å². The molecule has 2 aliphatic heterocycles. The van der Waals surface area contributed by atoms with Crippen molar-refractivity contribution in [2.45, 2.75) is 26.7 Å². The Hall–Kier alpha value is -0.970. The number of nitrogens with zero attached hydrogens (tertiary/aromatic N) is 1. The first-order valence-corrected chi connectivity index (χ1v) is 8.74. The van der Waals surface area contributed by atoms with Crippen molar-refractivity contribution in [2.24, 2.45) is 11.8 Å². The molecule has 0 aromatic heterocycles. The summed E-state index contributed by atoms with van der Waals surface area (Å²) in [6.45, 7) is 10.0. The highest BCUT2D eigenvalue weighted by Gasteiger charge is 2.38. The molecule has 4 nitrogen and oxygen atoms in total. The molecule has 0 unspecified atom stereocenters. The molecule has 1 amide bonds. The molecule has 134 valence electrons. The van der Waals surface area contributed by atoms with Gasteiger partial charge < -0.3 is 15.0 Å². The van der Waals surface area contributed by atoms with Gasteiger partial charge in [0.15, 0.2) is 6.61 Å². The molecule has 2 heterocycles. The molecule has 2 fully saturated rings. The summed E-state index contributed by atoms with van der Waals surface area (Å²) in [5.41, 5.74) is 2.02. The fourth-order valence-corrected chi connectivity index (χ4v) is 3.71. The predicted molar refractivity (Wildman–Crippen MR) is 99.5 cm³/mol. The zero-order valence-electron chi connectivity index (χ0n) is 14.5. The van der Waals surface area contributed by atoms with E-state index in [-0.39, 0.29) is 24.9 Å². The molecule has 1 N–H and O–H groups in total. The maximum absolute atomic E-state index is 12.4. The van der Waals surface area contributed by atoms with Gasteiger partial charge in [-0.05, 0) is 47.9 Å². The van der Waals surface area contributed by atoms with Gasteiger partial charge in [-0.2, -0.15) is 0 Å². The summed E-state index contributed by atoms with van der Waals surface area (Å²) in [5, 5.41) is 4.13. The number of carbonyl (C=O) groups excluding carboxylic acids is 1. The molecule has 24 heavy (non-hydrogen) atoms. The van der Waals surface area contributed by atoms with Crippen LogP contribution in [-0.4, -0.2) is 43.6 Å². The predicted octanol–water partition coefficient (Wildman–Crippen LogP) is 3.25. The third-order valence-electron chi connectivity index (χ3n) is 5.01. The summed E-state index contributed by atoms with van der Waals surface area (Å²) in [4.78, 5) is 14.4.